The van der Waals surface area contributed by atoms with E-state index in [1.54, 1.807) is 24.1 Å². The predicted molar refractivity (Wildman–Crippen MR) is 71.4 cm³/mol. The number of hydrogen-bond acceptors (Lipinski definition) is 2. The molecule has 5 heteroatoms. The molecule has 3 nitrogen and oxygen atoms in total. The molecule has 1 aromatic carbocycles. The number of likely N-dealkylation sites (N-methyl/N-ethyl adjacent to an activating group) is 1. The number of benzene rings is 1. The number of rotatable bonds is 1. The molecule has 2 N–H and O–H groups in total. The van der Waals surface area contributed by atoms with Crippen LogP contribution in [0.1, 0.15) is 30.9 Å². The zero-order valence-corrected chi connectivity index (χ0v) is 11.8. The van der Waals surface area contributed by atoms with Crippen molar-refractivity contribution in [1.82, 2.24) is 4.90 Å². The minimum Gasteiger partial charge on any atom is -0.337 e. The lowest BCUT2D eigenvalue weighted by Crippen LogP contribution is -2.40. The highest BCUT2D eigenvalue weighted by Gasteiger charge is 2.31. The van der Waals surface area contributed by atoms with Crippen LogP contribution in [-0.4, -0.2) is 23.9 Å². The number of nitrogens with two attached hydrogens (primary N) is 1. The molecule has 98 valence electrons. The van der Waals surface area contributed by atoms with Crippen molar-refractivity contribution in [3.05, 3.63) is 34.1 Å². The quantitative estimate of drug-likeness (QED) is 0.866. The topological polar surface area (TPSA) is 46.3 Å². The molecule has 1 aliphatic heterocycles. The molecule has 18 heavy (non-hydrogen) atoms. The molecule has 0 aromatic heterocycles. The van der Waals surface area contributed by atoms with Crippen molar-refractivity contribution in [2.24, 2.45) is 5.73 Å². The van der Waals surface area contributed by atoms with Gasteiger partial charge in [0.1, 0.15) is 5.82 Å². The molecule has 0 saturated carbocycles. The Bertz CT molecular complexity index is 466. The highest BCUT2D eigenvalue weighted by Crippen LogP contribution is 2.31. The van der Waals surface area contributed by atoms with Gasteiger partial charge in [0.05, 0.1) is 6.04 Å². The lowest BCUT2D eigenvalue weighted by Gasteiger charge is -2.31. The average Bonchev–Trinajstić information content (AvgIpc) is 2.42. The summed E-state index contributed by atoms with van der Waals surface area (Å²) in [5.41, 5.74) is 6.59. The largest absolute Gasteiger partial charge is 0.337 e. The van der Waals surface area contributed by atoms with Crippen molar-refractivity contribution in [1.29, 1.82) is 0 Å². The fraction of sp³-hybridized carbons (Fsp3) is 0.462. The second kappa shape index (κ2) is 5.36. The highest BCUT2D eigenvalue weighted by atomic mass is 79.9. The number of carbonyl (C=O) groups is 1. The number of nitrogens with zero attached hydrogens (tertiary/aromatic N) is 1. The van der Waals surface area contributed by atoms with E-state index in [4.69, 9.17) is 5.73 Å². The van der Waals surface area contributed by atoms with Crippen LogP contribution in [0.15, 0.2) is 22.7 Å². The van der Waals surface area contributed by atoms with Gasteiger partial charge in [-0.15, -0.1) is 0 Å². The van der Waals surface area contributed by atoms with E-state index < -0.39 is 0 Å². The van der Waals surface area contributed by atoms with Crippen molar-refractivity contribution in [3.63, 3.8) is 0 Å². The summed E-state index contributed by atoms with van der Waals surface area (Å²) in [5.74, 6) is -0.304. The fourth-order valence-electron chi connectivity index (χ4n) is 2.45. The van der Waals surface area contributed by atoms with Gasteiger partial charge in [-0.1, -0.05) is 22.0 Å². The summed E-state index contributed by atoms with van der Waals surface area (Å²) in [6, 6.07) is 4.27. The normalized spacial score (nSPS) is 25.1. The Labute approximate surface area is 114 Å². The molecular formula is C13H16BrFN2O. The summed E-state index contributed by atoms with van der Waals surface area (Å²) < 4.78 is 14.7. The molecule has 1 saturated heterocycles. The summed E-state index contributed by atoms with van der Waals surface area (Å²) >= 11 is 3.23. The smallest absolute Gasteiger partial charge is 0.222 e. The first-order chi connectivity index (χ1) is 8.50. The number of hydrogen-bond donors (Lipinski definition) is 1. The van der Waals surface area contributed by atoms with Gasteiger partial charge in [-0.3, -0.25) is 4.79 Å². The predicted octanol–water partition coefficient (Wildman–Crippen LogP) is 2.60. The average molecular weight is 315 g/mol. The first kappa shape index (κ1) is 13.5. The summed E-state index contributed by atoms with van der Waals surface area (Å²) in [6.07, 6.45) is 1.98. The standard InChI is InChI=1S/C13H16BrFN2O/c1-17-12(18)4-2-3-11(16)13(17)9-6-5-8(14)7-10(9)15/h5-7,11,13H,2-4,16H2,1H3. The number of halogens is 2. The Morgan fingerprint density at radius 1 is 1.50 bits per heavy atom. The number of amides is 1. The fourth-order valence-corrected chi connectivity index (χ4v) is 2.78. The first-order valence-corrected chi connectivity index (χ1v) is 6.76. The van der Waals surface area contributed by atoms with Crippen molar-refractivity contribution >= 4 is 21.8 Å². The van der Waals surface area contributed by atoms with Gasteiger partial charge in [0, 0.05) is 29.5 Å². The molecule has 1 heterocycles. The Kier molecular flexibility index (Phi) is 4.02. The van der Waals surface area contributed by atoms with Gasteiger partial charge >= 0.3 is 0 Å². The molecule has 0 spiro atoms. The molecule has 2 unspecified atom stereocenters. The molecule has 2 atom stereocenters. The first-order valence-electron chi connectivity index (χ1n) is 5.97. The molecule has 1 aromatic rings. The van der Waals surface area contributed by atoms with E-state index in [0.29, 0.717) is 16.5 Å². The molecular weight excluding hydrogens is 299 g/mol. The molecule has 1 amide bonds. The van der Waals surface area contributed by atoms with Gasteiger partial charge in [0.25, 0.3) is 0 Å². The third-order valence-corrected chi connectivity index (χ3v) is 3.92. The van der Waals surface area contributed by atoms with Gasteiger partial charge in [0.15, 0.2) is 0 Å². The summed E-state index contributed by atoms with van der Waals surface area (Å²) in [5, 5.41) is 0. The van der Waals surface area contributed by atoms with Crippen LogP contribution in [0.4, 0.5) is 4.39 Å². The van der Waals surface area contributed by atoms with Crippen molar-refractivity contribution < 1.29 is 9.18 Å². The van der Waals surface area contributed by atoms with Gasteiger partial charge in [-0.05, 0) is 25.0 Å². The maximum Gasteiger partial charge on any atom is 0.222 e. The van der Waals surface area contributed by atoms with Gasteiger partial charge < -0.3 is 10.6 Å². The van der Waals surface area contributed by atoms with Crippen molar-refractivity contribution in [3.8, 4) is 0 Å². The minimum absolute atomic E-state index is 0.0234. The molecule has 1 aliphatic rings. The number of likely N-dealkylation sites (tertiary alicyclic amines) is 1. The second-order valence-electron chi connectivity index (χ2n) is 4.67. The highest BCUT2D eigenvalue weighted by molar-refractivity contribution is 9.10. The minimum atomic E-state index is -0.381. The van der Waals surface area contributed by atoms with Crippen molar-refractivity contribution in [2.45, 2.75) is 31.3 Å². The maximum atomic E-state index is 14.0. The van der Waals surface area contributed by atoms with Gasteiger partial charge in [0.2, 0.25) is 5.91 Å². The van der Waals surface area contributed by atoms with E-state index >= 15 is 0 Å². The van der Waals surface area contributed by atoms with Crippen LogP contribution in [0.25, 0.3) is 0 Å². The zero-order chi connectivity index (χ0) is 13.3. The third kappa shape index (κ3) is 2.57. The third-order valence-electron chi connectivity index (χ3n) is 3.43. The van der Waals surface area contributed by atoms with E-state index in [0.717, 1.165) is 12.8 Å². The van der Waals surface area contributed by atoms with E-state index in [-0.39, 0.29) is 23.8 Å². The molecule has 1 fully saturated rings. The summed E-state index contributed by atoms with van der Waals surface area (Å²) in [6.45, 7) is 0. The summed E-state index contributed by atoms with van der Waals surface area (Å²) in [4.78, 5) is 13.4. The summed E-state index contributed by atoms with van der Waals surface area (Å²) in [7, 11) is 1.69. The van der Waals surface area contributed by atoms with Crippen LogP contribution < -0.4 is 5.73 Å². The Balaban J connectivity index is 2.41. The van der Waals surface area contributed by atoms with Crippen LogP contribution >= 0.6 is 15.9 Å². The zero-order valence-electron chi connectivity index (χ0n) is 10.2. The SMILES string of the molecule is CN1C(=O)CCCC(N)C1c1ccc(Br)cc1F. The van der Waals surface area contributed by atoms with Crippen LogP contribution in [0.2, 0.25) is 0 Å². The maximum absolute atomic E-state index is 14.0. The van der Waals surface area contributed by atoms with Crippen LogP contribution in [0, 0.1) is 5.82 Å². The monoisotopic (exact) mass is 314 g/mol. The van der Waals surface area contributed by atoms with E-state index in [2.05, 4.69) is 15.9 Å². The van der Waals surface area contributed by atoms with Gasteiger partial charge in [-0.25, -0.2) is 4.39 Å². The van der Waals surface area contributed by atoms with Crippen LogP contribution in [0.5, 0.6) is 0 Å². The lowest BCUT2D eigenvalue weighted by atomic mass is 9.96. The molecule has 0 radical (unpaired) electrons. The molecule has 0 aliphatic carbocycles. The molecule has 0 bridgehead atoms. The van der Waals surface area contributed by atoms with Gasteiger partial charge in [-0.2, -0.15) is 0 Å². The van der Waals surface area contributed by atoms with Crippen LogP contribution in [-0.2, 0) is 4.79 Å². The molecule has 2 rings (SSSR count). The van der Waals surface area contributed by atoms with Crippen molar-refractivity contribution in [2.75, 3.05) is 7.05 Å². The lowest BCUT2D eigenvalue weighted by molar-refractivity contribution is -0.131. The van der Waals surface area contributed by atoms with Crippen LogP contribution in [0.3, 0.4) is 0 Å². The van der Waals surface area contributed by atoms with E-state index in [1.807, 2.05) is 0 Å². The van der Waals surface area contributed by atoms with E-state index in [1.165, 1.54) is 6.07 Å². The Morgan fingerprint density at radius 3 is 2.89 bits per heavy atom. The number of carbonyl (C=O) groups excluding carboxylic acids is 1. The second-order valence-corrected chi connectivity index (χ2v) is 5.59. The Morgan fingerprint density at radius 2 is 2.22 bits per heavy atom. The Hall–Kier alpha value is -0.940. The van der Waals surface area contributed by atoms with E-state index in [9.17, 15) is 9.18 Å².